The second-order valence-corrected chi connectivity index (χ2v) is 13.4. The highest BCUT2D eigenvalue weighted by Gasteiger charge is 2.45. The van der Waals surface area contributed by atoms with Gasteiger partial charge in [0.2, 0.25) is 23.4 Å². The Morgan fingerprint density at radius 1 is 0.951 bits per heavy atom. The summed E-state index contributed by atoms with van der Waals surface area (Å²) in [5, 5.41) is 7.11. The molecular weight excluding hydrogens is 526 g/mol. The number of nitrogens with one attached hydrogen (secondary N) is 1. The quantitative estimate of drug-likeness (QED) is 0.193. The van der Waals surface area contributed by atoms with Crippen LogP contribution in [0.5, 0.6) is 0 Å². The van der Waals surface area contributed by atoms with Crippen LogP contribution < -0.4 is 4.68 Å². The predicted octanol–water partition coefficient (Wildman–Crippen LogP) is 2.73. The minimum atomic E-state index is -0.287. The summed E-state index contributed by atoms with van der Waals surface area (Å²) in [6, 6.07) is 0. The minimum absolute atomic E-state index is 0.122. The van der Waals surface area contributed by atoms with Gasteiger partial charge in [-0.3, -0.25) is 19.3 Å². The van der Waals surface area contributed by atoms with Gasteiger partial charge in [-0.25, -0.2) is 0 Å². The molecule has 0 aromatic carbocycles. The average molecular weight is 579 g/mol. The summed E-state index contributed by atoms with van der Waals surface area (Å²) in [7, 11) is 0. The van der Waals surface area contributed by atoms with E-state index in [1.54, 1.807) is 10.9 Å². The van der Waals surface area contributed by atoms with Gasteiger partial charge in [-0.2, -0.15) is 4.68 Å². The van der Waals surface area contributed by atoms with E-state index in [-0.39, 0.29) is 42.0 Å². The van der Waals surface area contributed by atoms with Gasteiger partial charge >= 0.3 is 0 Å². The van der Waals surface area contributed by atoms with E-state index in [2.05, 4.69) is 31.1 Å². The van der Waals surface area contributed by atoms with Gasteiger partial charge in [0, 0.05) is 37.6 Å². The number of ether oxygens (including phenoxy) is 3. The third-order valence-corrected chi connectivity index (χ3v) is 8.21. The highest BCUT2D eigenvalue weighted by molar-refractivity contribution is 6.03. The standard InChI is InChI=1S/C30H51N5O6/c1-29(2,3)23-9-11-33(12-10-23)26(36)8-7-14-39-16-18-41-19-17-40-15-13-34-21-24(31-32-34)22-35-27(37)20-25(28(35)38)30(4,5)6/h21,23,25H,7-20,22H2,1-6H3/p+1. The van der Waals surface area contributed by atoms with E-state index in [0.717, 1.165) is 32.4 Å². The molecule has 2 aliphatic heterocycles. The van der Waals surface area contributed by atoms with E-state index in [1.807, 2.05) is 25.7 Å². The zero-order valence-corrected chi connectivity index (χ0v) is 26.1. The maximum atomic E-state index is 12.7. The number of hydrogen-bond acceptors (Lipinski definition) is 7. The molecular formula is C30H52N5O6+. The monoisotopic (exact) mass is 578 g/mol. The number of carbonyl (C=O) groups is 3. The Kier molecular flexibility index (Phi) is 12.3. The molecule has 3 heterocycles. The topological polar surface area (TPSA) is 118 Å². The van der Waals surface area contributed by atoms with Crippen molar-refractivity contribution in [1.29, 1.82) is 0 Å². The Labute approximate surface area is 245 Å². The Morgan fingerprint density at radius 2 is 1.56 bits per heavy atom. The van der Waals surface area contributed by atoms with Crippen molar-refractivity contribution < 1.29 is 33.3 Å². The normalized spacial score (nSPS) is 19.0. The Bertz CT molecular complexity index is 990. The molecule has 3 rings (SSSR count). The first-order valence-electron chi connectivity index (χ1n) is 15.1. The van der Waals surface area contributed by atoms with Crippen LogP contribution in [0.3, 0.4) is 0 Å². The number of aromatic nitrogens is 3. The highest BCUT2D eigenvalue weighted by Crippen LogP contribution is 2.36. The minimum Gasteiger partial charge on any atom is -0.379 e. The van der Waals surface area contributed by atoms with Crippen molar-refractivity contribution in [3.05, 3.63) is 11.9 Å². The molecule has 2 fully saturated rings. The molecule has 0 bridgehead atoms. The predicted molar refractivity (Wildman–Crippen MR) is 152 cm³/mol. The van der Waals surface area contributed by atoms with Crippen molar-refractivity contribution in [2.24, 2.45) is 22.7 Å². The second-order valence-electron chi connectivity index (χ2n) is 13.4. The van der Waals surface area contributed by atoms with E-state index in [1.165, 1.54) is 4.90 Å². The zero-order valence-electron chi connectivity index (χ0n) is 26.1. The van der Waals surface area contributed by atoms with Gasteiger partial charge in [0.15, 0.2) is 6.20 Å². The number of hydrogen-bond donors (Lipinski definition) is 1. The SMILES string of the molecule is CC(C)(C)C1CCN(C(=O)CCCOCCOCCOCC[n+]2cc(CN3C(=O)CC(C(C)(C)C)C3=O)n[nH]2)CC1. The summed E-state index contributed by atoms with van der Waals surface area (Å²) in [5.41, 5.74) is 0.709. The fraction of sp³-hybridized carbons (Fsp3) is 0.833. The van der Waals surface area contributed by atoms with Gasteiger partial charge < -0.3 is 19.1 Å². The number of imide groups is 1. The Balaban J connectivity index is 1.15. The van der Waals surface area contributed by atoms with Crippen LogP contribution in [-0.4, -0.2) is 90.6 Å². The van der Waals surface area contributed by atoms with Crippen molar-refractivity contribution in [3.8, 4) is 0 Å². The van der Waals surface area contributed by atoms with Crippen molar-refractivity contribution in [1.82, 2.24) is 20.1 Å². The number of piperidine rings is 1. The average Bonchev–Trinajstić information content (AvgIpc) is 3.48. The molecule has 41 heavy (non-hydrogen) atoms. The molecule has 1 unspecified atom stereocenters. The molecule has 11 nitrogen and oxygen atoms in total. The molecule has 1 N–H and O–H groups in total. The lowest BCUT2D eigenvalue weighted by molar-refractivity contribution is -0.754. The van der Waals surface area contributed by atoms with Crippen LogP contribution in [0.2, 0.25) is 0 Å². The lowest BCUT2D eigenvalue weighted by Crippen LogP contribution is -2.41. The number of likely N-dealkylation sites (tertiary alicyclic amines) is 2. The molecule has 0 spiro atoms. The van der Waals surface area contributed by atoms with Gasteiger partial charge in [0.05, 0.1) is 39.0 Å². The highest BCUT2D eigenvalue weighted by atomic mass is 16.5. The zero-order chi connectivity index (χ0) is 30.0. The molecule has 1 atom stereocenters. The summed E-state index contributed by atoms with van der Waals surface area (Å²) >= 11 is 0. The molecule has 11 heteroatoms. The van der Waals surface area contributed by atoms with Crippen molar-refractivity contribution >= 4 is 17.7 Å². The summed E-state index contributed by atoms with van der Waals surface area (Å²) in [6.45, 7) is 18.3. The molecule has 232 valence electrons. The van der Waals surface area contributed by atoms with Gasteiger partial charge in [-0.05, 0) is 36.0 Å². The number of amides is 3. The third kappa shape index (κ3) is 10.4. The van der Waals surface area contributed by atoms with E-state index in [0.29, 0.717) is 69.6 Å². The fourth-order valence-corrected chi connectivity index (χ4v) is 5.43. The molecule has 2 saturated heterocycles. The van der Waals surface area contributed by atoms with Crippen LogP contribution in [0.15, 0.2) is 6.20 Å². The summed E-state index contributed by atoms with van der Waals surface area (Å²) < 4.78 is 18.6. The maximum absolute atomic E-state index is 12.7. The smallest absolute Gasteiger partial charge is 0.238 e. The summed E-state index contributed by atoms with van der Waals surface area (Å²) in [6.07, 6.45) is 5.52. The first kappa shape index (κ1) is 33.1. The van der Waals surface area contributed by atoms with E-state index >= 15 is 0 Å². The van der Waals surface area contributed by atoms with Crippen LogP contribution in [-0.2, 0) is 41.7 Å². The third-order valence-electron chi connectivity index (χ3n) is 8.21. The molecule has 1 aromatic rings. The lowest BCUT2D eigenvalue weighted by atomic mass is 9.75. The molecule has 1 aromatic heterocycles. The van der Waals surface area contributed by atoms with Crippen molar-refractivity contribution in [3.63, 3.8) is 0 Å². The van der Waals surface area contributed by atoms with E-state index in [9.17, 15) is 14.4 Å². The molecule has 0 saturated carbocycles. The van der Waals surface area contributed by atoms with Crippen LogP contribution in [0.4, 0.5) is 0 Å². The van der Waals surface area contributed by atoms with Gasteiger partial charge in [0.25, 0.3) is 0 Å². The molecule has 0 aliphatic carbocycles. The number of aromatic amines is 1. The number of rotatable bonds is 15. The molecule has 2 aliphatic rings. The van der Waals surface area contributed by atoms with Crippen LogP contribution in [0.1, 0.15) is 79.3 Å². The van der Waals surface area contributed by atoms with E-state index in [4.69, 9.17) is 14.2 Å². The van der Waals surface area contributed by atoms with Crippen molar-refractivity contribution in [2.45, 2.75) is 86.7 Å². The number of carbonyl (C=O) groups excluding carboxylic acids is 3. The van der Waals surface area contributed by atoms with Gasteiger partial charge in [-0.1, -0.05) is 46.8 Å². The van der Waals surface area contributed by atoms with Gasteiger partial charge in [-0.15, -0.1) is 0 Å². The van der Waals surface area contributed by atoms with Gasteiger partial charge in [0.1, 0.15) is 13.1 Å². The Morgan fingerprint density at radius 3 is 2.15 bits per heavy atom. The first-order valence-corrected chi connectivity index (χ1v) is 15.1. The largest absolute Gasteiger partial charge is 0.379 e. The van der Waals surface area contributed by atoms with Crippen LogP contribution in [0.25, 0.3) is 0 Å². The first-order chi connectivity index (χ1) is 19.4. The molecule has 0 radical (unpaired) electrons. The lowest BCUT2D eigenvalue weighted by Gasteiger charge is -2.38. The van der Waals surface area contributed by atoms with Crippen molar-refractivity contribution in [2.75, 3.05) is 52.7 Å². The van der Waals surface area contributed by atoms with Crippen LogP contribution in [0, 0.1) is 22.7 Å². The second kappa shape index (κ2) is 15.2. The maximum Gasteiger partial charge on any atom is 0.238 e. The van der Waals surface area contributed by atoms with E-state index < -0.39 is 0 Å². The number of nitrogens with zero attached hydrogens (tertiary/aromatic N) is 4. The fourth-order valence-electron chi connectivity index (χ4n) is 5.43. The number of H-pyrrole nitrogens is 1. The summed E-state index contributed by atoms with van der Waals surface area (Å²) in [5.74, 6) is 0.382. The molecule has 3 amide bonds. The summed E-state index contributed by atoms with van der Waals surface area (Å²) in [4.78, 5) is 40.8. The Hall–Kier alpha value is -2.37. The van der Waals surface area contributed by atoms with Crippen LogP contribution >= 0.6 is 0 Å².